The molecule has 146 valence electrons. The first-order chi connectivity index (χ1) is 13.5. The molecule has 9 heteroatoms. The highest BCUT2D eigenvalue weighted by Crippen LogP contribution is 2.17. The predicted molar refractivity (Wildman–Crippen MR) is 101 cm³/mol. The normalized spacial score (nSPS) is 11.8. The van der Waals surface area contributed by atoms with E-state index < -0.39 is 0 Å². The van der Waals surface area contributed by atoms with Crippen molar-refractivity contribution in [2.75, 3.05) is 23.7 Å². The molecule has 28 heavy (non-hydrogen) atoms. The second kappa shape index (κ2) is 8.96. The molecule has 1 unspecified atom stereocenters. The van der Waals surface area contributed by atoms with Crippen molar-refractivity contribution < 1.29 is 23.3 Å². The van der Waals surface area contributed by atoms with Crippen molar-refractivity contribution in [1.29, 1.82) is 0 Å². The molecule has 2 aromatic heterocycles. The van der Waals surface area contributed by atoms with Gasteiger partial charge in [0.1, 0.15) is 0 Å². The van der Waals surface area contributed by atoms with Crippen molar-refractivity contribution in [3.05, 3.63) is 48.6 Å². The van der Waals surface area contributed by atoms with Crippen molar-refractivity contribution in [2.24, 2.45) is 0 Å². The van der Waals surface area contributed by atoms with E-state index in [9.17, 15) is 9.59 Å². The number of nitrogens with one attached hydrogen (secondary N) is 3. The van der Waals surface area contributed by atoms with Gasteiger partial charge in [0.25, 0.3) is 17.7 Å². The number of amides is 2. The van der Waals surface area contributed by atoms with Crippen LogP contribution < -0.4 is 15.5 Å². The van der Waals surface area contributed by atoms with Gasteiger partial charge < -0.3 is 24.4 Å². The molecule has 3 aromatic rings. The molecule has 0 radical (unpaired) electrons. The molecular weight excluding hydrogens is 362 g/mol. The topological polar surface area (TPSA) is 115 Å². The number of carbonyl (C=O) groups excluding carboxylic acids is 2. The number of hydrogen-bond acceptors (Lipinski definition) is 6. The second-order valence-corrected chi connectivity index (χ2v) is 6.24. The van der Waals surface area contributed by atoms with E-state index in [0.29, 0.717) is 42.0 Å². The lowest BCUT2D eigenvalue weighted by Crippen LogP contribution is -3.11. The Morgan fingerprint density at radius 1 is 1.07 bits per heavy atom. The molecule has 0 spiro atoms. The Labute approximate surface area is 161 Å². The molecule has 3 rings (SSSR count). The average molecular weight is 384 g/mol. The summed E-state index contributed by atoms with van der Waals surface area (Å²) in [6, 6.07) is 10.4. The quantitative estimate of drug-likeness (QED) is 0.540. The molecule has 9 nitrogen and oxygen atoms in total. The summed E-state index contributed by atoms with van der Waals surface area (Å²) in [5.74, 6) is 0.997. The van der Waals surface area contributed by atoms with E-state index >= 15 is 0 Å². The highest BCUT2D eigenvalue weighted by Gasteiger charge is 2.18. The van der Waals surface area contributed by atoms with Gasteiger partial charge in [0.15, 0.2) is 18.8 Å². The fraction of sp³-hybridized carbons (Fsp3) is 0.263. The Kier molecular flexibility index (Phi) is 6.18. The molecule has 2 amide bonds. The van der Waals surface area contributed by atoms with Crippen molar-refractivity contribution in [3.8, 4) is 11.7 Å². The first-order valence-corrected chi connectivity index (χ1v) is 8.91. The molecule has 3 N–H and O–H groups in total. The van der Waals surface area contributed by atoms with Crippen molar-refractivity contribution >= 4 is 23.2 Å². The number of carbonyl (C=O) groups is 2. The highest BCUT2D eigenvalue weighted by atomic mass is 16.4. The Bertz CT molecular complexity index is 918. The summed E-state index contributed by atoms with van der Waals surface area (Å²) < 4.78 is 10.8. The molecule has 1 aromatic carbocycles. The van der Waals surface area contributed by atoms with E-state index in [2.05, 4.69) is 20.8 Å². The third kappa shape index (κ3) is 5.27. The SMILES string of the molecule is CC[NH+](CC(=O)Nc1ccc(NC(C)=O)cc1)Cc1nnc(-c2ccco2)o1. The zero-order valence-corrected chi connectivity index (χ0v) is 15.7. The van der Waals surface area contributed by atoms with Gasteiger partial charge in [-0.05, 0) is 43.3 Å². The van der Waals surface area contributed by atoms with E-state index in [1.165, 1.54) is 13.2 Å². The van der Waals surface area contributed by atoms with Crippen LogP contribution >= 0.6 is 0 Å². The number of hydrogen-bond donors (Lipinski definition) is 3. The largest absolute Gasteiger partial charge is 0.459 e. The Balaban J connectivity index is 1.54. The first-order valence-electron chi connectivity index (χ1n) is 8.91. The van der Waals surface area contributed by atoms with Crippen molar-refractivity contribution in [1.82, 2.24) is 10.2 Å². The lowest BCUT2D eigenvalue weighted by molar-refractivity contribution is -0.905. The number of benzene rings is 1. The van der Waals surface area contributed by atoms with Crippen LogP contribution in [0.15, 0.2) is 51.5 Å². The Morgan fingerprint density at radius 2 is 1.79 bits per heavy atom. The molecule has 0 saturated heterocycles. The highest BCUT2D eigenvalue weighted by molar-refractivity contribution is 5.92. The maximum atomic E-state index is 12.3. The van der Waals surface area contributed by atoms with Crippen LogP contribution in [-0.4, -0.2) is 35.1 Å². The summed E-state index contributed by atoms with van der Waals surface area (Å²) in [4.78, 5) is 24.4. The van der Waals surface area contributed by atoms with Crippen LogP contribution in [0.4, 0.5) is 11.4 Å². The van der Waals surface area contributed by atoms with Crippen LogP contribution in [0.25, 0.3) is 11.7 Å². The van der Waals surface area contributed by atoms with Crippen molar-refractivity contribution in [3.63, 3.8) is 0 Å². The van der Waals surface area contributed by atoms with Crippen LogP contribution in [0.2, 0.25) is 0 Å². The minimum atomic E-state index is -0.143. The number of quaternary nitrogens is 1. The molecule has 0 bridgehead atoms. The lowest BCUT2D eigenvalue weighted by atomic mass is 10.2. The van der Waals surface area contributed by atoms with Gasteiger partial charge in [0.05, 0.1) is 12.8 Å². The summed E-state index contributed by atoms with van der Waals surface area (Å²) in [5.41, 5.74) is 1.34. The molecule has 1 atom stereocenters. The molecule has 0 aliphatic rings. The van der Waals surface area contributed by atoms with Crippen molar-refractivity contribution in [2.45, 2.75) is 20.4 Å². The zero-order valence-electron chi connectivity index (χ0n) is 15.7. The van der Waals surface area contributed by atoms with Gasteiger partial charge in [-0.15, -0.1) is 10.2 Å². The van der Waals surface area contributed by atoms with Crippen LogP contribution in [0.3, 0.4) is 0 Å². The van der Waals surface area contributed by atoms with Gasteiger partial charge in [-0.25, -0.2) is 0 Å². The van der Waals surface area contributed by atoms with Gasteiger partial charge in [-0.2, -0.15) is 0 Å². The third-order valence-corrected chi connectivity index (χ3v) is 4.00. The molecule has 0 aliphatic carbocycles. The number of aromatic nitrogens is 2. The van der Waals surface area contributed by atoms with Gasteiger partial charge in [0, 0.05) is 18.3 Å². The number of nitrogens with zero attached hydrogens (tertiary/aromatic N) is 2. The standard InChI is InChI=1S/C19H21N5O4/c1-3-24(12-18-22-23-19(28-18)16-5-4-10-27-16)11-17(26)21-15-8-6-14(7-9-15)20-13(2)25/h4-10H,3,11-12H2,1-2H3,(H,20,25)(H,21,26)/p+1. The fourth-order valence-electron chi connectivity index (χ4n) is 2.62. The molecular formula is C19H22N5O4+. The third-order valence-electron chi connectivity index (χ3n) is 4.00. The smallest absolute Gasteiger partial charge is 0.283 e. The Morgan fingerprint density at radius 3 is 2.39 bits per heavy atom. The summed E-state index contributed by atoms with van der Waals surface area (Å²) in [7, 11) is 0. The molecule has 0 aliphatic heterocycles. The van der Waals surface area contributed by atoms with Crippen LogP contribution in [0.1, 0.15) is 19.7 Å². The van der Waals surface area contributed by atoms with E-state index in [1.807, 2.05) is 6.92 Å². The summed E-state index contributed by atoms with van der Waals surface area (Å²) in [5, 5.41) is 13.5. The maximum Gasteiger partial charge on any atom is 0.283 e. The van der Waals surface area contributed by atoms with E-state index in [1.54, 1.807) is 36.4 Å². The number of likely N-dealkylation sites (N-methyl/N-ethyl adjacent to an activating group) is 1. The fourth-order valence-corrected chi connectivity index (χ4v) is 2.62. The summed E-state index contributed by atoms with van der Waals surface area (Å²) in [6.45, 7) is 4.82. The van der Waals surface area contributed by atoms with Gasteiger partial charge in [-0.3, -0.25) is 9.59 Å². The summed E-state index contributed by atoms with van der Waals surface area (Å²) >= 11 is 0. The molecule has 2 heterocycles. The van der Waals surface area contributed by atoms with Gasteiger partial charge in [-0.1, -0.05) is 0 Å². The monoisotopic (exact) mass is 384 g/mol. The molecule has 0 fully saturated rings. The maximum absolute atomic E-state index is 12.3. The van der Waals surface area contributed by atoms with Crippen LogP contribution in [-0.2, 0) is 16.1 Å². The molecule has 0 saturated carbocycles. The second-order valence-electron chi connectivity index (χ2n) is 6.24. The summed E-state index contributed by atoms with van der Waals surface area (Å²) in [6.07, 6.45) is 1.54. The first kappa shape index (κ1) is 19.3. The minimum absolute atomic E-state index is 0.130. The zero-order chi connectivity index (χ0) is 19.9. The number of furan rings is 1. The van der Waals surface area contributed by atoms with E-state index in [4.69, 9.17) is 8.83 Å². The predicted octanol–water partition coefficient (Wildman–Crippen LogP) is 1.33. The van der Waals surface area contributed by atoms with Crippen LogP contribution in [0.5, 0.6) is 0 Å². The number of rotatable bonds is 8. The Hall–Kier alpha value is -3.46. The lowest BCUT2D eigenvalue weighted by Gasteiger charge is -2.15. The minimum Gasteiger partial charge on any atom is -0.459 e. The van der Waals surface area contributed by atoms with Gasteiger partial charge in [0.2, 0.25) is 5.91 Å². The average Bonchev–Trinajstić information content (AvgIpc) is 3.34. The van der Waals surface area contributed by atoms with E-state index in [0.717, 1.165) is 4.90 Å². The van der Waals surface area contributed by atoms with E-state index in [-0.39, 0.29) is 18.4 Å². The van der Waals surface area contributed by atoms with Gasteiger partial charge >= 0.3 is 0 Å². The number of anilines is 2. The van der Waals surface area contributed by atoms with Crippen LogP contribution in [0, 0.1) is 0 Å².